The maximum Gasteiger partial charge on any atom is 0.305 e. The predicted octanol–water partition coefficient (Wildman–Crippen LogP) is 1.50. The maximum atomic E-state index is 11.7. The summed E-state index contributed by atoms with van der Waals surface area (Å²) in [6, 6.07) is 0.0258. The molecular weight excluding hydrogens is 246 g/mol. The van der Waals surface area contributed by atoms with Crippen molar-refractivity contribution in [3.63, 3.8) is 0 Å². The molecule has 0 bridgehead atoms. The summed E-state index contributed by atoms with van der Waals surface area (Å²) in [6.45, 7) is 4.42. The average Bonchev–Trinajstić information content (AvgIpc) is 2.87. The maximum absolute atomic E-state index is 11.7. The first-order valence-electron chi connectivity index (χ1n) is 6.99. The van der Waals surface area contributed by atoms with E-state index in [2.05, 4.69) is 0 Å². The third kappa shape index (κ3) is 3.14. The molecule has 19 heavy (non-hydrogen) atoms. The predicted molar refractivity (Wildman–Crippen MR) is 68.0 cm³/mol. The van der Waals surface area contributed by atoms with E-state index in [9.17, 15) is 14.4 Å². The first-order chi connectivity index (χ1) is 8.99. The molecule has 0 N–H and O–H groups in total. The molecule has 2 rings (SSSR count). The fourth-order valence-electron chi connectivity index (χ4n) is 2.86. The van der Waals surface area contributed by atoms with E-state index < -0.39 is 0 Å². The van der Waals surface area contributed by atoms with E-state index in [1.54, 1.807) is 0 Å². The summed E-state index contributed by atoms with van der Waals surface area (Å²) in [6.07, 6.45) is 2.58. The largest absolute Gasteiger partial charge is 0.465 e. The van der Waals surface area contributed by atoms with Gasteiger partial charge in [-0.25, -0.2) is 0 Å². The number of amides is 2. The number of imide groups is 1. The molecule has 0 spiro atoms. The standard InChI is InChI=1S/C14H21NO4/c1-9(2)8-19-14(18)6-3-10-7-13(17)15-11(10)4-5-12(15)16/h9-11H,3-8H2,1-2H3. The van der Waals surface area contributed by atoms with Gasteiger partial charge in [-0.3, -0.25) is 19.3 Å². The minimum atomic E-state index is -0.205. The molecule has 2 unspecified atom stereocenters. The lowest BCUT2D eigenvalue weighted by Crippen LogP contribution is -2.32. The van der Waals surface area contributed by atoms with Crippen molar-refractivity contribution >= 4 is 17.8 Å². The van der Waals surface area contributed by atoms with Gasteiger partial charge in [-0.05, 0) is 24.7 Å². The Morgan fingerprint density at radius 3 is 2.79 bits per heavy atom. The minimum Gasteiger partial charge on any atom is -0.465 e. The number of rotatable bonds is 5. The molecule has 0 aromatic carbocycles. The molecule has 2 aliphatic heterocycles. The second-order valence-corrected chi connectivity index (χ2v) is 5.84. The molecule has 0 aliphatic carbocycles. The Labute approximate surface area is 113 Å². The van der Waals surface area contributed by atoms with Crippen LogP contribution in [0, 0.1) is 11.8 Å². The summed E-state index contributed by atoms with van der Waals surface area (Å²) in [4.78, 5) is 36.2. The van der Waals surface area contributed by atoms with Crippen molar-refractivity contribution in [3.8, 4) is 0 Å². The van der Waals surface area contributed by atoms with E-state index in [-0.39, 0.29) is 29.7 Å². The van der Waals surface area contributed by atoms with Gasteiger partial charge in [-0.2, -0.15) is 0 Å². The number of carbonyl (C=O) groups is 3. The molecule has 0 saturated carbocycles. The van der Waals surface area contributed by atoms with E-state index in [1.165, 1.54) is 4.90 Å². The number of hydrogen-bond donors (Lipinski definition) is 0. The van der Waals surface area contributed by atoms with Crippen molar-refractivity contribution in [1.29, 1.82) is 0 Å². The molecule has 2 aliphatic rings. The highest BCUT2D eigenvalue weighted by Crippen LogP contribution is 2.36. The molecule has 2 heterocycles. The first-order valence-corrected chi connectivity index (χ1v) is 6.99. The van der Waals surface area contributed by atoms with Gasteiger partial charge in [-0.1, -0.05) is 13.8 Å². The van der Waals surface area contributed by atoms with Crippen LogP contribution in [0.1, 0.15) is 46.0 Å². The quantitative estimate of drug-likeness (QED) is 0.559. The van der Waals surface area contributed by atoms with Crippen molar-refractivity contribution in [2.24, 2.45) is 11.8 Å². The van der Waals surface area contributed by atoms with Crippen molar-refractivity contribution in [2.45, 2.75) is 52.0 Å². The normalized spacial score (nSPS) is 26.2. The van der Waals surface area contributed by atoms with Gasteiger partial charge in [0.1, 0.15) is 0 Å². The molecule has 0 radical (unpaired) electrons. The van der Waals surface area contributed by atoms with E-state index >= 15 is 0 Å². The number of fused-ring (bicyclic) bond motifs is 1. The highest BCUT2D eigenvalue weighted by molar-refractivity contribution is 5.99. The van der Waals surface area contributed by atoms with Crippen molar-refractivity contribution in [3.05, 3.63) is 0 Å². The van der Waals surface area contributed by atoms with Crippen LogP contribution >= 0.6 is 0 Å². The van der Waals surface area contributed by atoms with Crippen LogP contribution < -0.4 is 0 Å². The summed E-state index contributed by atoms with van der Waals surface area (Å²) in [5.41, 5.74) is 0. The minimum absolute atomic E-state index is 0.0258. The highest BCUT2D eigenvalue weighted by Gasteiger charge is 2.46. The molecule has 0 aromatic heterocycles. The topological polar surface area (TPSA) is 63.7 Å². The number of esters is 1. The van der Waals surface area contributed by atoms with E-state index in [0.717, 1.165) is 6.42 Å². The van der Waals surface area contributed by atoms with Crippen LogP contribution in [-0.4, -0.2) is 35.3 Å². The second-order valence-electron chi connectivity index (χ2n) is 5.84. The summed E-state index contributed by atoms with van der Waals surface area (Å²) in [7, 11) is 0. The van der Waals surface area contributed by atoms with Crippen LogP contribution in [-0.2, 0) is 19.1 Å². The fraction of sp³-hybridized carbons (Fsp3) is 0.786. The van der Waals surface area contributed by atoms with Crippen LogP contribution in [0.3, 0.4) is 0 Å². The lowest BCUT2D eigenvalue weighted by atomic mass is 9.93. The zero-order valence-electron chi connectivity index (χ0n) is 11.6. The van der Waals surface area contributed by atoms with Gasteiger partial charge in [0, 0.05) is 25.3 Å². The number of hydrogen-bond acceptors (Lipinski definition) is 4. The fourth-order valence-corrected chi connectivity index (χ4v) is 2.86. The van der Waals surface area contributed by atoms with E-state index in [4.69, 9.17) is 4.74 Å². The third-order valence-corrected chi connectivity index (χ3v) is 3.80. The zero-order valence-corrected chi connectivity index (χ0v) is 11.6. The van der Waals surface area contributed by atoms with Crippen molar-refractivity contribution < 1.29 is 19.1 Å². The highest BCUT2D eigenvalue weighted by atomic mass is 16.5. The van der Waals surface area contributed by atoms with Gasteiger partial charge >= 0.3 is 5.97 Å². The van der Waals surface area contributed by atoms with Crippen LogP contribution in [0.2, 0.25) is 0 Å². The van der Waals surface area contributed by atoms with Gasteiger partial charge < -0.3 is 4.74 Å². The number of nitrogens with zero attached hydrogens (tertiary/aromatic N) is 1. The van der Waals surface area contributed by atoms with E-state index in [1.807, 2.05) is 13.8 Å². The van der Waals surface area contributed by atoms with Crippen molar-refractivity contribution in [2.75, 3.05) is 6.61 Å². The molecule has 2 fully saturated rings. The number of carbonyl (C=O) groups excluding carboxylic acids is 3. The summed E-state index contributed by atoms with van der Waals surface area (Å²) >= 11 is 0. The summed E-state index contributed by atoms with van der Waals surface area (Å²) < 4.78 is 5.12. The molecule has 2 amide bonds. The Kier molecular flexibility index (Phi) is 4.22. The smallest absolute Gasteiger partial charge is 0.305 e. The third-order valence-electron chi connectivity index (χ3n) is 3.80. The Balaban J connectivity index is 1.79. The Morgan fingerprint density at radius 1 is 1.37 bits per heavy atom. The van der Waals surface area contributed by atoms with Crippen molar-refractivity contribution in [1.82, 2.24) is 4.90 Å². The molecular formula is C14H21NO4. The molecule has 2 atom stereocenters. The summed E-state index contributed by atoms with van der Waals surface area (Å²) in [5, 5.41) is 0. The van der Waals surface area contributed by atoms with E-state index in [0.29, 0.717) is 38.2 Å². The first kappa shape index (κ1) is 14.0. The van der Waals surface area contributed by atoms with Crippen LogP contribution in [0.15, 0.2) is 0 Å². The molecule has 2 saturated heterocycles. The van der Waals surface area contributed by atoms with Gasteiger partial charge in [0.05, 0.1) is 6.61 Å². The Hall–Kier alpha value is -1.39. The number of ether oxygens (including phenoxy) is 1. The average molecular weight is 267 g/mol. The zero-order chi connectivity index (χ0) is 14.0. The monoisotopic (exact) mass is 267 g/mol. The van der Waals surface area contributed by atoms with Crippen LogP contribution in [0.4, 0.5) is 0 Å². The second kappa shape index (κ2) is 5.72. The Morgan fingerprint density at radius 2 is 2.11 bits per heavy atom. The van der Waals surface area contributed by atoms with Gasteiger partial charge in [0.25, 0.3) is 0 Å². The lowest BCUT2D eigenvalue weighted by Gasteiger charge is -2.18. The van der Waals surface area contributed by atoms with Gasteiger partial charge in [-0.15, -0.1) is 0 Å². The molecule has 106 valence electrons. The molecule has 5 nitrogen and oxygen atoms in total. The Bertz CT molecular complexity index is 391. The molecule has 0 aromatic rings. The van der Waals surface area contributed by atoms with Crippen LogP contribution in [0.5, 0.6) is 0 Å². The SMILES string of the molecule is CC(C)COC(=O)CCC1CC(=O)N2C(=O)CCC12. The summed E-state index contributed by atoms with van der Waals surface area (Å²) in [5.74, 6) is 0.127. The van der Waals surface area contributed by atoms with Gasteiger partial charge in [0.2, 0.25) is 11.8 Å². The molecule has 5 heteroatoms. The van der Waals surface area contributed by atoms with Crippen LogP contribution in [0.25, 0.3) is 0 Å². The lowest BCUT2D eigenvalue weighted by molar-refractivity contribution is -0.145. The van der Waals surface area contributed by atoms with Gasteiger partial charge in [0.15, 0.2) is 0 Å².